The van der Waals surface area contributed by atoms with Gasteiger partial charge in [0.25, 0.3) is 22.7 Å². The van der Waals surface area contributed by atoms with Gasteiger partial charge < -0.3 is 0 Å². The minimum Gasteiger partial charge on any atom is -0.206 e. The molecule has 0 saturated heterocycles. The highest BCUT2D eigenvalue weighted by Gasteiger charge is 2.15. The zero-order valence-electron chi connectivity index (χ0n) is 4.61. The van der Waals surface area contributed by atoms with E-state index in [0.29, 0.717) is 0 Å². The van der Waals surface area contributed by atoms with Crippen LogP contribution in [0.25, 0.3) is 0 Å². The lowest BCUT2D eigenvalue weighted by molar-refractivity contribution is 0.584. The summed E-state index contributed by atoms with van der Waals surface area (Å²) < 4.78 is 63.7. The van der Waals surface area contributed by atoms with Gasteiger partial charge in [-0.3, -0.25) is 0 Å². The van der Waals surface area contributed by atoms with Crippen LogP contribution in [0.5, 0.6) is 0 Å². The van der Waals surface area contributed by atoms with Gasteiger partial charge in [0.15, 0.2) is 0 Å². The Morgan fingerprint density at radius 2 is 1.27 bits per heavy atom. The molecular formula is H2F2N2O4S3. The molecule has 11 heavy (non-hydrogen) atoms. The zero-order chi connectivity index (χ0) is 9.07. The lowest BCUT2D eigenvalue weighted by atomic mass is 13.8. The van der Waals surface area contributed by atoms with E-state index in [1.807, 2.05) is 0 Å². The lowest BCUT2D eigenvalue weighted by Gasteiger charge is -1.96. The van der Waals surface area contributed by atoms with Crippen molar-refractivity contribution in [3.8, 4) is 0 Å². The number of hydrogen-bond donors (Lipinski definition) is 2. The maximum absolute atomic E-state index is 11.4. The van der Waals surface area contributed by atoms with Crippen LogP contribution in [0, 0.1) is 0 Å². The quantitative estimate of drug-likeness (QED) is 0.573. The molecule has 0 radical (unpaired) electrons. The molecule has 0 aliphatic rings. The van der Waals surface area contributed by atoms with Crippen molar-refractivity contribution in [2.45, 2.75) is 0 Å². The van der Waals surface area contributed by atoms with E-state index in [2.05, 4.69) is 0 Å². The summed E-state index contributed by atoms with van der Waals surface area (Å²) in [5, 5.41) is 0. The molecule has 0 aliphatic carbocycles. The molecule has 0 aromatic carbocycles. The zero-order valence-corrected chi connectivity index (χ0v) is 7.06. The number of hydrogen-bond acceptors (Lipinski definition) is 4. The van der Waals surface area contributed by atoms with Crippen molar-refractivity contribution in [3.63, 3.8) is 0 Å². The predicted octanol–water partition coefficient (Wildman–Crippen LogP) is -1.49. The molecule has 0 spiro atoms. The first-order valence-corrected chi connectivity index (χ1v) is 5.38. The van der Waals surface area contributed by atoms with Gasteiger partial charge in [0.2, 0.25) is 0 Å². The molecule has 2 N–H and O–H groups in total. The van der Waals surface area contributed by atoms with Crippen LogP contribution in [0.3, 0.4) is 0 Å². The van der Waals surface area contributed by atoms with Crippen molar-refractivity contribution in [3.05, 3.63) is 0 Å². The first kappa shape index (κ1) is 11.0. The van der Waals surface area contributed by atoms with Crippen LogP contribution in [-0.4, -0.2) is 16.8 Å². The van der Waals surface area contributed by atoms with Gasteiger partial charge in [-0.2, -0.15) is 8.42 Å². The molecule has 0 amide bonds. The minimum atomic E-state index is -4.63. The number of halogens is 2. The third-order valence-corrected chi connectivity index (χ3v) is 3.15. The highest BCUT2D eigenvalue weighted by Crippen LogP contribution is 1.85. The second kappa shape index (κ2) is 4.15. The normalized spacial score (nSPS) is 17.6. The largest absolute Gasteiger partial charge is 0.303 e. The van der Waals surface area contributed by atoms with E-state index >= 15 is 0 Å². The number of nitrogens with one attached hydrogen (secondary N) is 2. The molecule has 0 aromatic heterocycles. The van der Waals surface area contributed by atoms with Gasteiger partial charge in [0, 0.05) is 0 Å². The highest BCUT2D eigenvalue weighted by molar-refractivity contribution is 8.04. The molecule has 0 saturated carbocycles. The van der Waals surface area contributed by atoms with Crippen LogP contribution >= 0.6 is 0 Å². The van der Waals surface area contributed by atoms with Crippen LogP contribution in [0.4, 0.5) is 7.77 Å². The molecule has 0 aromatic rings. The van der Waals surface area contributed by atoms with E-state index in [4.69, 9.17) is 0 Å². The van der Waals surface area contributed by atoms with E-state index in [0.717, 1.165) is 8.25 Å². The Morgan fingerprint density at radius 3 is 1.45 bits per heavy atom. The van der Waals surface area contributed by atoms with Crippen molar-refractivity contribution in [2.75, 3.05) is 0 Å². The summed E-state index contributed by atoms with van der Waals surface area (Å²) in [6.07, 6.45) is 0. The second-order valence-electron chi connectivity index (χ2n) is 1.12. The summed E-state index contributed by atoms with van der Waals surface area (Å²) >= 11 is -6.71. The molecule has 2 atom stereocenters. The third kappa shape index (κ3) is 6.43. The molecule has 11 heteroatoms. The standard InChI is InChI=1S/F2H2N2O4S3/c1-9(5)3-11(7,8)4-10(2)6/h3-4H. The van der Waals surface area contributed by atoms with Crippen LogP contribution in [0.1, 0.15) is 0 Å². The smallest absolute Gasteiger partial charge is 0.206 e. The minimum absolute atomic E-state index is 0.784. The first-order chi connectivity index (χ1) is 4.83. The Labute approximate surface area is 66.3 Å². The Balaban J connectivity index is 4.25. The Kier molecular flexibility index (Phi) is 4.17. The van der Waals surface area contributed by atoms with Gasteiger partial charge in [-0.05, 0) is 0 Å². The summed E-state index contributed by atoms with van der Waals surface area (Å²) in [5.74, 6) is 0. The molecule has 0 fully saturated rings. The molecule has 0 rings (SSSR count). The van der Waals surface area contributed by atoms with Gasteiger partial charge >= 0.3 is 10.2 Å². The summed E-state index contributed by atoms with van der Waals surface area (Å²) in [6.45, 7) is 0. The molecule has 0 aliphatic heterocycles. The maximum Gasteiger partial charge on any atom is 0.303 e. The van der Waals surface area contributed by atoms with Crippen molar-refractivity contribution in [2.24, 2.45) is 0 Å². The molecule has 0 heterocycles. The summed E-state index contributed by atoms with van der Waals surface area (Å²) in [4.78, 5) is 0. The summed E-state index contributed by atoms with van der Waals surface area (Å²) in [7, 11) is -4.63. The van der Waals surface area contributed by atoms with E-state index in [1.54, 1.807) is 0 Å². The monoisotopic (exact) mass is 228 g/mol. The van der Waals surface area contributed by atoms with Crippen LogP contribution in [-0.2, 0) is 33.0 Å². The molecule has 0 bridgehead atoms. The van der Waals surface area contributed by atoms with Crippen molar-refractivity contribution in [1.29, 1.82) is 0 Å². The fourth-order valence-electron chi connectivity index (χ4n) is 0.190. The topological polar surface area (TPSA) is 92.3 Å². The van der Waals surface area contributed by atoms with Gasteiger partial charge in [-0.1, -0.05) is 8.25 Å². The van der Waals surface area contributed by atoms with Crippen molar-refractivity contribution in [1.82, 2.24) is 8.25 Å². The fourth-order valence-corrected chi connectivity index (χ4v) is 2.01. The molecular weight excluding hydrogens is 226 g/mol. The van der Waals surface area contributed by atoms with E-state index in [-0.39, 0.29) is 0 Å². The van der Waals surface area contributed by atoms with E-state index in [9.17, 15) is 24.6 Å². The average molecular weight is 228 g/mol. The fraction of sp³-hybridized carbons (Fsp3) is 0. The Morgan fingerprint density at radius 1 is 1.00 bits per heavy atom. The average Bonchev–Trinajstić information content (AvgIpc) is 1.53. The highest BCUT2D eigenvalue weighted by atomic mass is 32.3. The lowest BCUT2D eigenvalue weighted by Crippen LogP contribution is -2.36. The summed E-state index contributed by atoms with van der Waals surface area (Å²) in [6, 6.07) is 0. The predicted molar refractivity (Wildman–Crippen MR) is 33.7 cm³/mol. The van der Waals surface area contributed by atoms with Gasteiger partial charge in [-0.15, -0.1) is 7.77 Å². The van der Waals surface area contributed by atoms with E-state index in [1.165, 1.54) is 0 Å². The van der Waals surface area contributed by atoms with Crippen molar-refractivity contribution >= 4 is 33.0 Å². The van der Waals surface area contributed by atoms with Gasteiger partial charge in [0.1, 0.15) is 0 Å². The summed E-state index contributed by atoms with van der Waals surface area (Å²) in [5.41, 5.74) is 0. The first-order valence-electron chi connectivity index (χ1n) is 1.79. The molecule has 68 valence electrons. The van der Waals surface area contributed by atoms with Gasteiger partial charge in [0.05, 0.1) is 0 Å². The second-order valence-corrected chi connectivity index (χ2v) is 4.35. The number of rotatable bonds is 4. The molecule has 6 nitrogen and oxygen atoms in total. The Hall–Kier alpha value is 0.0300. The molecule has 2 unspecified atom stereocenters. The Bertz CT molecular complexity index is 247. The third-order valence-electron chi connectivity index (χ3n) is 0.350. The maximum atomic E-state index is 11.4. The SMILES string of the molecule is O=S(F)NS(=O)(=O)NS(=O)F. The van der Waals surface area contributed by atoms with Crippen LogP contribution in [0.2, 0.25) is 0 Å². The van der Waals surface area contributed by atoms with Crippen LogP contribution < -0.4 is 8.25 Å². The van der Waals surface area contributed by atoms with Gasteiger partial charge in [-0.25, -0.2) is 8.42 Å². The van der Waals surface area contributed by atoms with Crippen LogP contribution in [0.15, 0.2) is 0 Å². The van der Waals surface area contributed by atoms with E-state index < -0.39 is 33.0 Å². The van der Waals surface area contributed by atoms with Crippen molar-refractivity contribution < 1.29 is 24.6 Å².